The molecule has 0 saturated heterocycles. The van der Waals surface area contributed by atoms with Crippen LogP contribution in [0, 0.1) is 11.6 Å². The van der Waals surface area contributed by atoms with Crippen molar-refractivity contribution < 1.29 is 8.78 Å². The summed E-state index contributed by atoms with van der Waals surface area (Å²) < 4.78 is 30.2. The molecule has 3 nitrogen and oxygen atoms in total. The quantitative estimate of drug-likeness (QED) is 0.570. The van der Waals surface area contributed by atoms with Gasteiger partial charge in [0.05, 0.1) is 16.8 Å². The van der Waals surface area contributed by atoms with Crippen molar-refractivity contribution in [1.82, 2.24) is 9.55 Å². The number of nitrogens with two attached hydrogens (primary N) is 1. The number of fused-ring (bicyclic) bond motifs is 1. The Kier molecular flexibility index (Phi) is 3.86. The van der Waals surface area contributed by atoms with E-state index in [9.17, 15) is 8.78 Å². The first kappa shape index (κ1) is 15.2. The van der Waals surface area contributed by atoms with Gasteiger partial charge in [0.15, 0.2) is 0 Å². The fourth-order valence-electron chi connectivity index (χ4n) is 2.53. The molecule has 0 atom stereocenters. The van der Waals surface area contributed by atoms with E-state index in [4.69, 9.17) is 5.73 Å². The van der Waals surface area contributed by atoms with Gasteiger partial charge in [-0.05, 0) is 38.1 Å². The summed E-state index contributed by atoms with van der Waals surface area (Å²) in [5, 5.41) is 0. The molecule has 5 heteroatoms. The van der Waals surface area contributed by atoms with Gasteiger partial charge in [-0.25, -0.2) is 13.8 Å². The van der Waals surface area contributed by atoms with E-state index in [-0.39, 0.29) is 11.4 Å². The summed E-state index contributed by atoms with van der Waals surface area (Å²) >= 11 is 0. The lowest BCUT2D eigenvalue weighted by atomic mass is 10.2. The van der Waals surface area contributed by atoms with Crippen LogP contribution in [0.15, 0.2) is 48.0 Å². The molecule has 0 bridgehead atoms. The monoisotopic (exact) mass is 313 g/mol. The van der Waals surface area contributed by atoms with Gasteiger partial charge in [0.25, 0.3) is 0 Å². The summed E-state index contributed by atoms with van der Waals surface area (Å²) in [4.78, 5) is 4.41. The number of benzene rings is 2. The molecule has 2 N–H and O–H groups in total. The van der Waals surface area contributed by atoms with Crippen LogP contribution in [0.25, 0.3) is 22.4 Å². The van der Waals surface area contributed by atoms with E-state index >= 15 is 0 Å². The zero-order chi connectivity index (χ0) is 16.6. The van der Waals surface area contributed by atoms with Crippen molar-refractivity contribution in [1.29, 1.82) is 0 Å². The van der Waals surface area contributed by atoms with Crippen molar-refractivity contribution in [3.8, 4) is 11.4 Å². The van der Waals surface area contributed by atoms with Crippen molar-refractivity contribution >= 4 is 16.7 Å². The first-order chi connectivity index (χ1) is 11.0. The second-order valence-electron chi connectivity index (χ2n) is 5.64. The van der Waals surface area contributed by atoms with Crippen LogP contribution < -0.4 is 5.73 Å². The van der Waals surface area contributed by atoms with E-state index in [2.05, 4.69) is 4.98 Å². The van der Waals surface area contributed by atoms with Crippen molar-refractivity contribution in [2.45, 2.75) is 20.4 Å². The van der Waals surface area contributed by atoms with Gasteiger partial charge in [0.2, 0.25) is 0 Å². The molecule has 2 aromatic carbocycles. The number of imidazole rings is 1. The Labute approximate surface area is 133 Å². The van der Waals surface area contributed by atoms with Crippen molar-refractivity contribution in [2.75, 3.05) is 5.73 Å². The fraction of sp³-hybridized carbons (Fsp3) is 0.167. The SMILES string of the molecule is CC(C)=CCn1c(-c2c(F)cccc2F)nc2c(N)cccc21. The van der Waals surface area contributed by atoms with Gasteiger partial charge in [0, 0.05) is 6.54 Å². The Bertz CT molecular complexity index is 886. The minimum absolute atomic E-state index is 0.134. The third kappa shape index (κ3) is 2.70. The number of nitrogen functional groups attached to an aromatic ring is 1. The predicted octanol–water partition coefficient (Wildman–Crippen LogP) is 4.53. The lowest BCUT2D eigenvalue weighted by molar-refractivity contribution is 0.585. The molecule has 0 fully saturated rings. The number of aromatic nitrogens is 2. The lowest BCUT2D eigenvalue weighted by Gasteiger charge is -2.09. The molecule has 0 aliphatic heterocycles. The molecule has 1 heterocycles. The molecule has 0 aliphatic carbocycles. The normalized spacial score (nSPS) is 11.0. The molecule has 3 rings (SSSR count). The minimum Gasteiger partial charge on any atom is -0.397 e. The number of anilines is 1. The molecule has 1 aromatic heterocycles. The van der Waals surface area contributed by atoms with E-state index in [1.54, 1.807) is 16.7 Å². The minimum atomic E-state index is -0.641. The third-order valence-electron chi connectivity index (χ3n) is 3.68. The second-order valence-corrected chi connectivity index (χ2v) is 5.64. The molecule has 3 aromatic rings. The standard InChI is InChI=1S/C18H17F2N3/c1-11(2)9-10-23-15-8-4-7-14(21)17(15)22-18(23)16-12(19)5-3-6-13(16)20/h3-9H,10,21H2,1-2H3. The number of nitrogens with zero attached hydrogens (tertiary/aromatic N) is 2. The van der Waals surface area contributed by atoms with E-state index in [0.29, 0.717) is 17.7 Å². The first-order valence-corrected chi connectivity index (χ1v) is 7.31. The van der Waals surface area contributed by atoms with Gasteiger partial charge in [-0.2, -0.15) is 0 Å². The topological polar surface area (TPSA) is 43.8 Å². The Balaban J connectivity index is 2.33. The van der Waals surface area contributed by atoms with E-state index < -0.39 is 11.6 Å². The number of para-hydroxylation sites is 1. The summed E-state index contributed by atoms with van der Waals surface area (Å²) in [5.74, 6) is -1.04. The van der Waals surface area contributed by atoms with Crippen LogP contribution in [0.1, 0.15) is 13.8 Å². The Morgan fingerprint density at radius 2 is 1.78 bits per heavy atom. The maximum atomic E-state index is 14.2. The van der Waals surface area contributed by atoms with E-state index in [1.165, 1.54) is 18.2 Å². The van der Waals surface area contributed by atoms with Gasteiger partial charge in [-0.1, -0.05) is 23.8 Å². The highest BCUT2D eigenvalue weighted by Crippen LogP contribution is 2.31. The summed E-state index contributed by atoms with van der Waals surface area (Å²) in [5.41, 5.74) is 8.72. The average Bonchev–Trinajstić information content (AvgIpc) is 2.85. The molecule has 0 aliphatic rings. The Morgan fingerprint density at radius 1 is 1.13 bits per heavy atom. The average molecular weight is 313 g/mol. The number of hydrogen-bond donors (Lipinski definition) is 1. The van der Waals surface area contributed by atoms with Crippen LogP contribution in [0.4, 0.5) is 14.5 Å². The zero-order valence-corrected chi connectivity index (χ0v) is 13.0. The molecule has 23 heavy (non-hydrogen) atoms. The maximum Gasteiger partial charge on any atom is 0.147 e. The van der Waals surface area contributed by atoms with Crippen molar-refractivity contribution in [2.24, 2.45) is 0 Å². The van der Waals surface area contributed by atoms with Gasteiger partial charge < -0.3 is 10.3 Å². The molecule has 0 spiro atoms. The molecule has 118 valence electrons. The van der Waals surface area contributed by atoms with Crippen LogP contribution in [-0.2, 0) is 6.54 Å². The smallest absolute Gasteiger partial charge is 0.147 e. The first-order valence-electron chi connectivity index (χ1n) is 7.31. The Hall–Kier alpha value is -2.69. The van der Waals surface area contributed by atoms with Crippen molar-refractivity contribution in [3.63, 3.8) is 0 Å². The summed E-state index contributed by atoms with van der Waals surface area (Å²) in [7, 11) is 0. The van der Waals surface area contributed by atoms with Crippen LogP contribution in [0.3, 0.4) is 0 Å². The molecule has 0 radical (unpaired) electrons. The molecule has 0 saturated carbocycles. The summed E-state index contributed by atoms with van der Waals surface area (Å²) in [6, 6.07) is 9.17. The van der Waals surface area contributed by atoms with E-state index in [0.717, 1.165) is 11.1 Å². The summed E-state index contributed by atoms with van der Waals surface area (Å²) in [6.45, 7) is 4.40. The third-order valence-corrected chi connectivity index (χ3v) is 3.68. The zero-order valence-electron chi connectivity index (χ0n) is 13.0. The van der Waals surface area contributed by atoms with Gasteiger partial charge >= 0.3 is 0 Å². The fourth-order valence-corrected chi connectivity index (χ4v) is 2.53. The largest absolute Gasteiger partial charge is 0.397 e. The number of rotatable bonds is 3. The Morgan fingerprint density at radius 3 is 2.43 bits per heavy atom. The van der Waals surface area contributed by atoms with Crippen LogP contribution in [-0.4, -0.2) is 9.55 Å². The van der Waals surface area contributed by atoms with Gasteiger partial charge in [-0.3, -0.25) is 0 Å². The van der Waals surface area contributed by atoms with Crippen LogP contribution in [0.2, 0.25) is 0 Å². The number of allylic oxidation sites excluding steroid dienone is 2. The van der Waals surface area contributed by atoms with Crippen LogP contribution >= 0.6 is 0 Å². The van der Waals surface area contributed by atoms with Crippen molar-refractivity contribution in [3.05, 3.63) is 59.7 Å². The molecule has 0 unspecified atom stereocenters. The highest BCUT2D eigenvalue weighted by molar-refractivity contribution is 5.90. The van der Waals surface area contributed by atoms with Gasteiger partial charge in [0.1, 0.15) is 23.0 Å². The molecular formula is C18H17F2N3. The van der Waals surface area contributed by atoms with Gasteiger partial charge in [-0.15, -0.1) is 0 Å². The molecule has 0 amide bonds. The second kappa shape index (κ2) is 5.83. The maximum absolute atomic E-state index is 14.2. The summed E-state index contributed by atoms with van der Waals surface area (Å²) in [6.07, 6.45) is 1.98. The highest BCUT2D eigenvalue weighted by atomic mass is 19.1. The predicted molar refractivity (Wildman–Crippen MR) is 88.9 cm³/mol. The lowest BCUT2D eigenvalue weighted by Crippen LogP contribution is -2.02. The van der Waals surface area contributed by atoms with E-state index in [1.807, 2.05) is 26.0 Å². The highest BCUT2D eigenvalue weighted by Gasteiger charge is 2.19. The van der Waals surface area contributed by atoms with Crippen LogP contribution in [0.5, 0.6) is 0 Å². The number of hydrogen-bond acceptors (Lipinski definition) is 2. The molecular weight excluding hydrogens is 296 g/mol. The number of halogens is 2.